The van der Waals surface area contributed by atoms with Crippen molar-refractivity contribution in [2.45, 2.75) is 17.7 Å². The molecule has 2 aliphatic rings. The van der Waals surface area contributed by atoms with E-state index in [1.165, 1.54) is 25.9 Å². The lowest BCUT2D eigenvalue weighted by Crippen LogP contribution is -2.49. The SMILES string of the molecule is C1CN=C2NCCCN2C1.COC(=O)c1cc(C(=O)OC)cc(S(=O)(=O)O)c1. The predicted molar refractivity (Wildman–Crippen MR) is 100 cm³/mol. The summed E-state index contributed by atoms with van der Waals surface area (Å²) in [6, 6.07) is 2.90. The molecule has 0 aromatic heterocycles. The number of methoxy groups -OCH3 is 2. The summed E-state index contributed by atoms with van der Waals surface area (Å²) in [6.45, 7) is 4.52. The molecule has 0 spiro atoms. The fourth-order valence-corrected chi connectivity index (χ4v) is 3.28. The second-order valence-electron chi connectivity index (χ2n) is 6.03. The number of aliphatic imine (C=N–C) groups is 1. The van der Waals surface area contributed by atoms with Crippen LogP contribution < -0.4 is 5.32 Å². The van der Waals surface area contributed by atoms with Crippen molar-refractivity contribution in [1.82, 2.24) is 10.2 Å². The van der Waals surface area contributed by atoms with Crippen molar-refractivity contribution in [3.63, 3.8) is 0 Å². The van der Waals surface area contributed by atoms with E-state index in [1.54, 1.807) is 0 Å². The third kappa shape index (κ3) is 5.67. The maximum absolute atomic E-state index is 11.3. The number of nitrogens with zero attached hydrogens (tertiary/aromatic N) is 2. The van der Waals surface area contributed by atoms with Gasteiger partial charge in [0, 0.05) is 26.2 Å². The highest BCUT2D eigenvalue weighted by Crippen LogP contribution is 2.17. The molecule has 0 radical (unpaired) electrons. The molecule has 1 saturated heterocycles. The number of esters is 2. The molecule has 0 saturated carbocycles. The Labute approximate surface area is 163 Å². The Hall–Kier alpha value is -2.66. The second kappa shape index (κ2) is 9.51. The number of guanidine groups is 1. The summed E-state index contributed by atoms with van der Waals surface area (Å²) >= 11 is 0. The number of carbonyl (C=O) groups is 2. The van der Waals surface area contributed by atoms with E-state index in [0.717, 1.165) is 51.5 Å². The van der Waals surface area contributed by atoms with Crippen LogP contribution in [0.3, 0.4) is 0 Å². The van der Waals surface area contributed by atoms with Crippen molar-refractivity contribution in [2.24, 2.45) is 4.99 Å². The third-order valence-corrected chi connectivity index (χ3v) is 4.91. The maximum Gasteiger partial charge on any atom is 0.337 e. The van der Waals surface area contributed by atoms with Crippen molar-refractivity contribution in [1.29, 1.82) is 0 Å². The highest BCUT2D eigenvalue weighted by atomic mass is 32.2. The minimum atomic E-state index is -4.55. The summed E-state index contributed by atoms with van der Waals surface area (Å²) in [6.07, 6.45) is 2.49. The molecule has 2 aliphatic heterocycles. The molecular formula is C17H23N3O7S. The van der Waals surface area contributed by atoms with E-state index < -0.39 is 27.0 Å². The predicted octanol–water partition coefficient (Wildman–Crippen LogP) is 0.548. The first kappa shape index (κ1) is 21.6. The summed E-state index contributed by atoms with van der Waals surface area (Å²) in [4.78, 5) is 28.7. The minimum Gasteiger partial charge on any atom is -0.465 e. The molecule has 10 nitrogen and oxygen atoms in total. The summed E-state index contributed by atoms with van der Waals surface area (Å²) in [5, 5.41) is 3.30. The lowest BCUT2D eigenvalue weighted by molar-refractivity contribution is 0.0598. The monoisotopic (exact) mass is 413 g/mol. The van der Waals surface area contributed by atoms with Gasteiger partial charge in [-0.05, 0) is 31.0 Å². The molecule has 28 heavy (non-hydrogen) atoms. The van der Waals surface area contributed by atoms with Crippen LogP contribution in [0.5, 0.6) is 0 Å². The molecule has 1 aromatic rings. The zero-order valence-corrected chi connectivity index (χ0v) is 16.5. The maximum atomic E-state index is 11.3. The second-order valence-corrected chi connectivity index (χ2v) is 7.45. The number of ether oxygens (including phenoxy) is 2. The molecule has 0 amide bonds. The van der Waals surface area contributed by atoms with Crippen LogP contribution in [0.15, 0.2) is 28.1 Å². The summed E-state index contributed by atoms with van der Waals surface area (Å²) < 4.78 is 39.7. The average Bonchev–Trinajstić information content (AvgIpc) is 2.72. The number of fused-ring (bicyclic) bond motifs is 1. The van der Waals surface area contributed by atoms with Gasteiger partial charge in [-0.1, -0.05) is 0 Å². The quantitative estimate of drug-likeness (QED) is 0.538. The zero-order chi connectivity index (χ0) is 20.7. The summed E-state index contributed by atoms with van der Waals surface area (Å²) in [5.74, 6) is -0.547. The Morgan fingerprint density at radius 1 is 1.07 bits per heavy atom. The Morgan fingerprint density at radius 3 is 2.14 bits per heavy atom. The van der Waals surface area contributed by atoms with Crippen LogP contribution in [0.1, 0.15) is 33.6 Å². The fraction of sp³-hybridized carbons (Fsp3) is 0.471. The smallest absolute Gasteiger partial charge is 0.337 e. The molecular weight excluding hydrogens is 390 g/mol. The van der Waals surface area contributed by atoms with Gasteiger partial charge in [0.15, 0.2) is 5.96 Å². The van der Waals surface area contributed by atoms with Crippen molar-refractivity contribution in [3.05, 3.63) is 29.3 Å². The van der Waals surface area contributed by atoms with Crippen molar-refractivity contribution < 1.29 is 32.0 Å². The largest absolute Gasteiger partial charge is 0.465 e. The van der Waals surface area contributed by atoms with Crippen molar-refractivity contribution >= 4 is 28.0 Å². The fourth-order valence-electron chi connectivity index (χ4n) is 2.73. The average molecular weight is 413 g/mol. The van der Waals surface area contributed by atoms with Crippen LogP contribution >= 0.6 is 0 Å². The van der Waals surface area contributed by atoms with E-state index in [2.05, 4.69) is 24.7 Å². The summed E-state index contributed by atoms with van der Waals surface area (Å²) in [7, 11) is -2.35. The molecule has 154 valence electrons. The topological polar surface area (TPSA) is 135 Å². The lowest BCUT2D eigenvalue weighted by atomic mass is 10.1. The molecule has 11 heteroatoms. The molecule has 1 aromatic carbocycles. The number of carbonyl (C=O) groups excluding carboxylic acids is 2. The lowest BCUT2D eigenvalue weighted by Gasteiger charge is -2.33. The van der Waals surface area contributed by atoms with Gasteiger partial charge in [-0.3, -0.25) is 9.55 Å². The normalized spacial score (nSPS) is 15.8. The third-order valence-electron chi connectivity index (χ3n) is 4.08. The van der Waals surface area contributed by atoms with Gasteiger partial charge in [0.1, 0.15) is 0 Å². The van der Waals surface area contributed by atoms with Crippen LogP contribution in [0.2, 0.25) is 0 Å². The number of nitrogens with one attached hydrogen (secondary N) is 1. The van der Waals surface area contributed by atoms with Gasteiger partial charge in [-0.15, -0.1) is 0 Å². The Bertz CT molecular complexity index is 833. The van der Waals surface area contributed by atoms with E-state index >= 15 is 0 Å². The Kier molecular flexibility index (Phi) is 7.35. The van der Waals surface area contributed by atoms with Crippen LogP contribution in [0, 0.1) is 0 Å². The first-order chi connectivity index (χ1) is 13.3. The molecule has 0 atom stereocenters. The molecule has 3 rings (SSSR count). The highest BCUT2D eigenvalue weighted by molar-refractivity contribution is 7.85. The molecule has 1 fully saturated rings. The van der Waals surface area contributed by atoms with Gasteiger partial charge in [0.2, 0.25) is 0 Å². The van der Waals surface area contributed by atoms with Crippen LogP contribution in [-0.4, -0.2) is 76.2 Å². The number of hydrogen-bond donors (Lipinski definition) is 2. The van der Waals surface area contributed by atoms with Gasteiger partial charge in [0.05, 0.1) is 30.2 Å². The van der Waals surface area contributed by atoms with Gasteiger partial charge in [0.25, 0.3) is 10.1 Å². The number of benzene rings is 1. The van der Waals surface area contributed by atoms with Gasteiger partial charge in [-0.2, -0.15) is 8.42 Å². The van der Waals surface area contributed by atoms with Crippen LogP contribution in [-0.2, 0) is 19.6 Å². The number of rotatable bonds is 3. The Morgan fingerprint density at radius 2 is 1.64 bits per heavy atom. The van der Waals surface area contributed by atoms with E-state index in [0.29, 0.717) is 0 Å². The molecule has 0 bridgehead atoms. The first-order valence-corrected chi connectivity index (χ1v) is 10.0. The van der Waals surface area contributed by atoms with E-state index in [4.69, 9.17) is 4.55 Å². The molecule has 0 aliphatic carbocycles. The summed E-state index contributed by atoms with van der Waals surface area (Å²) in [5.41, 5.74) is -0.374. The highest BCUT2D eigenvalue weighted by Gasteiger charge is 2.19. The zero-order valence-electron chi connectivity index (χ0n) is 15.7. The van der Waals surface area contributed by atoms with Crippen LogP contribution in [0.4, 0.5) is 0 Å². The van der Waals surface area contributed by atoms with E-state index in [9.17, 15) is 18.0 Å². The molecule has 2 heterocycles. The Balaban J connectivity index is 0.000000233. The molecule has 2 N–H and O–H groups in total. The van der Waals surface area contributed by atoms with Crippen molar-refractivity contribution in [3.8, 4) is 0 Å². The van der Waals surface area contributed by atoms with E-state index in [-0.39, 0.29) is 11.1 Å². The van der Waals surface area contributed by atoms with E-state index in [1.807, 2.05) is 0 Å². The van der Waals surface area contributed by atoms with Crippen LogP contribution in [0.25, 0.3) is 0 Å². The molecule has 0 unspecified atom stereocenters. The van der Waals surface area contributed by atoms with Gasteiger partial charge >= 0.3 is 11.9 Å². The van der Waals surface area contributed by atoms with Gasteiger partial charge < -0.3 is 19.7 Å². The van der Waals surface area contributed by atoms with Gasteiger partial charge in [-0.25, -0.2) is 9.59 Å². The first-order valence-electron chi connectivity index (χ1n) is 8.58. The van der Waals surface area contributed by atoms with Crippen molar-refractivity contribution in [2.75, 3.05) is 40.4 Å². The number of hydrogen-bond acceptors (Lipinski definition) is 9. The minimum absolute atomic E-state index is 0.187. The standard InChI is InChI=1S/C10H10O7S.C7H13N3/c1-16-9(11)6-3-7(10(12)17-2)5-8(4-6)18(13,14)15;1-3-8-7-9-4-2-6-10(7)5-1/h3-5H,1-2H3,(H,13,14,15);1-6H2,(H,8,9).